The first kappa shape index (κ1) is 21.0. The molecule has 1 unspecified atom stereocenters. The maximum absolute atomic E-state index is 6.17. The number of hydrogen-bond acceptors (Lipinski definition) is 1. The Morgan fingerprint density at radius 3 is 2.39 bits per heavy atom. The van der Waals surface area contributed by atoms with Gasteiger partial charge in [-0.05, 0) is 94.6 Å². The molecule has 28 heavy (non-hydrogen) atoms. The van der Waals surface area contributed by atoms with Crippen LogP contribution in [0.2, 0.25) is 5.02 Å². The predicted octanol–water partition coefficient (Wildman–Crippen LogP) is 8.59. The van der Waals surface area contributed by atoms with Crippen molar-refractivity contribution in [2.75, 3.05) is 0 Å². The van der Waals surface area contributed by atoms with Crippen molar-refractivity contribution in [3.8, 4) is 11.5 Å². The SMILES string of the molecule is CCC(C)(CCCc1cccc(Oc2ccccc2)c1)c1ccc(Cl)c(Br)c1. The van der Waals surface area contributed by atoms with Crippen molar-refractivity contribution in [1.82, 2.24) is 0 Å². The Labute approximate surface area is 181 Å². The average molecular weight is 458 g/mol. The van der Waals surface area contributed by atoms with Gasteiger partial charge in [0.25, 0.3) is 0 Å². The lowest BCUT2D eigenvalue weighted by molar-refractivity contribution is 0.405. The smallest absolute Gasteiger partial charge is 0.127 e. The number of para-hydroxylation sites is 1. The molecule has 0 saturated heterocycles. The first-order valence-corrected chi connectivity index (χ1v) is 10.9. The van der Waals surface area contributed by atoms with Gasteiger partial charge in [0.05, 0.1) is 5.02 Å². The van der Waals surface area contributed by atoms with Crippen molar-refractivity contribution in [2.24, 2.45) is 0 Å². The summed E-state index contributed by atoms with van der Waals surface area (Å²) < 4.78 is 6.93. The molecule has 146 valence electrons. The van der Waals surface area contributed by atoms with Crippen molar-refractivity contribution in [1.29, 1.82) is 0 Å². The molecule has 0 aliphatic heterocycles. The summed E-state index contributed by atoms with van der Waals surface area (Å²) in [6.07, 6.45) is 4.38. The topological polar surface area (TPSA) is 9.23 Å². The van der Waals surface area contributed by atoms with Gasteiger partial charge in [0.1, 0.15) is 11.5 Å². The van der Waals surface area contributed by atoms with E-state index in [-0.39, 0.29) is 5.41 Å². The Kier molecular flexibility index (Phi) is 7.20. The molecule has 1 atom stereocenters. The second kappa shape index (κ2) is 9.62. The molecule has 0 radical (unpaired) electrons. The highest BCUT2D eigenvalue weighted by atomic mass is 79.9. The van der Waals surface area contributed by atoms with E-state index in [4.69, 9.17) is 16.3 Å². The van der Waals surface area contributed by atoms with Gasteiger partial charge in [-0.3, -0.25) is 0 Å². The molecule has 0 N–H and O–H groups in total. The predicted molar refractivity (Wildman–Crippen MR) is 123 cm³/mol. The van der Waals surface area contributed by atoms with E-state index in [0.29, 0.717) is 0 Å². The number of aryl methyl sites for hydroxylation is 1. The molecule has 0 heterocycles. The molecule has 3 aromatic carbocycles. The highest BCUT2D eigenvalue weighted by Crippen LogP contribution is 2.36. The third-order valence-electron chi connectivity index (χ3n) is 5.47. The maximum atomic E-state index is 6.17. The zero-order valence-corrected chi connectivity index (χ0v) is 18.8. The van der Waals surface area contributed by atoms with Crippen molar-refractivity contribution in [2.45, 2.75) is 44.9 Å². The summed E-state index contributed by atoms with van der Waals surface area (Å²) >= 11 is 9.73. The van der Waals surface area contributed by atoms with Crippen LogP contribution in [0.15, 0.2) is 77.3 Å². The average Bonchev–Trinajstić information content (AvgIpc) is 2.71. The molecule has 0 saturated carbocycles. The van der Waals surface area contributed by atoms with E-state index >= 15 is 0 Å². The van der Waals surface area contributed by atoms with E-state index in [0.717, 1.165) is 46.7 Å². The Hall–Kier alpha value is -1.77. The lowest BCUT2D eigenvalue weighted by atomic mass is 9.76. The summed E-state index contributed by atoms with van der Waals surface area (Å²) in [5.41, 5.74) is 2.79. The van der Waals surface area contributed by atoms with Gasteiger partial charge in [0, 0.05) is 4.47 Å². The van der Waals surface area contributed by atoms with Gasteiger partial charge in [-0.2, -0.15) is 0 Å². The van der Waals surface area contributed by atoms with Crippen LogP contribution in [0.4, 0.5) is 0 Å². The third kappa shape index (κ3) is 5.40. The second-order valence-electron chi connectivity index (χ2n) is 7.46. The van der Waals surface area contributed by atoms with Crippen LogP contribution >= 0.6 is 27.5 Å². The lowest BCUT2D eigenvalue weighted by Gasteiger charge is -2.29. The molecule has 0 aliphatic carbocycles. The molecular formula is C25H26BrClO. The van der Waals surface area contributed by atoms with Gasteiger partial charge >= 0.3 is 0 Å². The minimum atomic E-state index is 0.144. The van der Waals surface area contributed by atoms with E-state index in [1.54, 1.807) is 0 Å². The molecule has 0 bridgehead atoms. The molecule has 3 aromatic rings. The van der Waals surface area contributed by atoms with E-state index < -0.39 is 0 Å². The Morgan fingerprint density at radius 1 is 0.929 bits per heavy atom. The van der Waals surface area contributed by atoms with Gasteiger partial charge in [0.2, 0.25) is 0 Å². The van der Waals surface area contributed by atoms with Crippen LogP contribution in [0, 0.1) is 0 Å². The van der Waals surface area contributed by atoms with Gasteiger partial charge < -0.3 is 4.74 Å². The van der Waals surface area contributed by atoms with E-state index in [1.165, 1.54) is 11.1 Å². The molecular weight excluding hydrogens is 432 g/mol. The zero-order chi connectivity index (χ0) is 20.0. The quantitative estimate of drug-likeness (QED) is 0.329. The monoisotopic (exact) mass is 456 g/mol. The molecule has 0 spiro atoms. The Bertz CT molecular complexity index is 909. The van der Waals surface area contributed by atoms with Crippen LogP contribution in [-0.2, 0) is 11.8 Å². The zero-order valence-electron chi connectivity index (χ0n) is 16.4. The van der Waals surface area contributed by atoms with E-state index in [2.05, 4.69) is 60.1 Å². The minimum absolute atomic E-state index is 0.144. The summed E-state index contributed by atoms with van der Waals surface area (Å²) in [6, 6.07) is 24.6. The summed E-state index contributed by atoms with van der Waals surface area (Å²) in [5, 5.41) is 0.762. The largest absolute Gasteiger partial charge is 0.457 e. The van der Waals surface area contributed by atoms with Crippen molar-refractivity contribution < 1.29 is 4.74 Å². The standard InChI is InChI=1S/C25H26BrClO/c1-3-25(2,20-14-15-24(27)23(26)18-20)16-8-10-19-9-7-13-22(17-19)28-21-11-5-4-6-12-21/h4-7,9,11-15,17-18H,3,8,10,16H2,1-2H3. The lowest BCUT2D eigenvalue weighted by Crippen LogP contribution is -2.21. The first-order chi connectivity index (χ1) is 13.5. The number of benzene rings is 3. The number of hydrogen-bond donors (Lipinski definition) is 0. The molecule has 0 aromatic heterocycles. The molecule has 3 rings (SSSR count). The van der Waals surface area contributed by atoms with Gasteiger partial charge in [-0.15, -0.1) is 0 Å². The van der Waals surface area contributed by atoms with Crippen molar-refractivity contribution in [3.63, 3.8) is 0 Å². The van der Waals surface area contributed by atoms with Crippen molar-refractivity contribution in [3.05, 3.63) is 93.4 Å². The molecule has 0 amide bonds. The fourth-order valence-electron chi connectivity index (χ4n) is 3.47. The molecule has 3 heteroatoms. The van der Waals surface area contributed by atoms with Crippen LogP contribution in [0.25, 0.3) is 0 Å². The van der Waals surface area contributed by atoms with Crippen molar-refractivity contribution >= 4 is 27.5 Å². The highest BCUT2D eigenvalue weighted by Gasteiger charge is 2.24. The molecule has 1 nitrogen and oxygen atoms in total. The molecule has 0 fully saturated rings. The van der Waals surface area contributed by atoms with Crippen LogP contribution < -0.4 is 4.74 Å². The van der Waals surface area contributed by atoms with Gasteiger partial charge in [-0.1, -0.05) is 61.8 Å². The number of halogens is 2. The fraction of sp³-hybridized carbons (Fsp3) is 0.280. The summed E-state index contributed by atoms with van der Waals surface area (Å²) in [7, 11) is 0. The van der Waals surface area contributed by atoms with Gasteiger partial charge in [0.15, 0.2) is 0 Å². The van der Waals surface area contributed by atoms with E-state index in [9.17, 15) is 0 Å². The summed E-state index contributed by atoms with van der Waals surface area (Å²) in [4.78, 5) is 0. The third-order valence-corrected chi connectivity index (χ3v) is 6.68. The van der Waals surface area contributed by atoms with Crippen LogP contribution in [0.1, 0.15) is 44.2 Å². The normalized spacial score (nSPS) is 13.1. The molecule has 0 aliphatic rings. The van der Waals surface area contributed by atoms with Gasteiger partial charge in [-0.25, -0.2) is 0 Å². The van der Waals surface area contributed by atoms with E-state index in [1.807, 2.05) is 42.5 Å². The van der Waals surface area contributed by atoms with Crippen LogP contribution in [0.5, 0.6) is 11.5 Å². The summed E-state index contributed by atoms with van der Waals surface area (Å²) in [5.74, 6) is 1.76. The first-order valence-electron chi connectivity index (χ1n) is 9.77. The minimum Gasteiger partial charge on any atom is -0.457 e. The van der Waals surface area contributed by atoms with Crippen LogP contribution in [-0.4, -0.2) is 0 Å². The highest BCUT2D eigenvalue weighted by molar-refractivity contribution is 9.10. The fourth-order valence-corrected chi connectivity index (χ4v) is 3.96. The van der Waals surface area contributed by atoms with Crippen LogP contribution in [0.3, 0.4) is 0 Å². The Morgan fingerprint density at radius 2 is 1.68 bits per heavy atom. The maximum Gasteiger partial charge on any atom is 0.127 e. The number of ether oxygens (including phenoxy) is 1. The second-order valence-corrected chi connectivity index (χ2v) is 8.72. The number of rotatable bonds is 8. The Balaban J connectivity index is 1.63. The summed E-state index contributed by atoms with van der Waals surface area (Å²) in [6.45, 7) is 4.61.